The Morgan fingerprint density at radius 3 is 1.76 bits per heavy atom. The molecule has 3 fully saturated rings. The highest BCUT2D eigenvalue weighted by Gasteiger charge is 2.49. The second-order valence-corrected chi connectivity index (χ2v) is 15.9. The van der Waals surface area contributed by atoms with Gasteiger partial charge in [-0.3, -0.25) is 4.79 Å². The average molecular weight is 963 g/mol. The number of hydrogen-bond acceptors (Lipinski definition) is 24. The molecule has 3 aromatic carbocycles. The second kappa shape index (κ2) is 20.9. The number of phenols is 2. The van der Waals surface area contributed by atoms with E-state index in [1.807, 2.05) is 0 Å². The topological polar surface area (TPSA) is 384 Å². The van der Waals surface area contributed by atoms with Gasteiger partial charge in [0.25, 0.3) is 0 Å². The molecule has 13 N–H and O–H groups in total. The van der Waals surface area contributed by atoms with E-state index in [2.05, 4.69) is 0 Å². The Bertz CT molecular complexity index is 2470. The van der Waals surface area contributed by atoms with Crippen LogP contribution in [0, 0.1) is 0 Å². The van der Waals surface area contributed by atoms with Crippen molar-refractivity contribution in [2.24, 2.45) is 0 Å². The van der Waals surface area contributed by atoms with Crippen LogP contribution in [0.3, 0.4) is 0 Å². The molecular formula is C44H50O24. The predicted octanol–water partition coefficient (Wildman–Crippen LogP) is -2.97. The Balaban J connectivity index is 1.18. The van der Waals surface area contributed by atoms with Crippen molar-refractivity contribution in [1.29, 1.82) is 0 Å². The number of carbonyl (C=O) groups excluding carboxylic acids is 1. The molecule has 68 heavy (non-hydrogen) atoms. The van der Waals surface area contributed by atoms with Gasteiger partial charge in [0, 0.05) is 23.8 Å². The van der Waals surface area contributed by atoms with Crippen LogP contribution >= 0.6 is 0 Å². The molecule has 1 aromatic heterocycles. The highest BCUT2D eigenvalue weighted by molar-refractivity contribution is 5.89. The van der Waals surface area contributed by atoms with Crippen LogP contribution in [0.15, 0.2) is 63.8 Å². The molecule has 24 heteroatoms. The number of aliphatic hydroxyl groups excluding tert-OH is 11. The average Bonchev–Trinajstić information content (AvgIpc) is 3.33. The molecule has 0 radical (unpaired) electrons. The van der Waals surface area contributed by atoms with E-state index in [-0.39, 0.29) is 34.3 Å². The molecule has 0 spiro atoms. The lowest BCUT2D eigenvalue weighted by Crippen LogP contribution is -2.60. The zero-order valence-corrected chi connectivity index (χ0v) is 35.9. The van der Waals surface area contributed by atoms with Crippen molar-refractivity contribution in [2.75, 3.05) is 34.0 Å². The van der Waals surface area contributed by atoms with Crippen molar-refractivity contribution in [3.63, 3.8) is 0 Å². The molecule has 15 atom stereocenters. The molecule has 4 aromatic rings. The molecule has 3 saturated heterocycles. The van der Waals surface area contributed by atoms with Gasteiger partial charge in [-0.1, -0.05) is 0 Å². The normalized spacial score (nSPS) is 31.9. The van der Waals surface area contributed by atoms with Gasteiger partial charge in [0.05, 0.1) is 33.0 Å². The number of esters is 1. The van der Waals surface area contributed by atoms with Gasteiger partial charge in [-0.15, -0.1) is 0 Å². The standard InChI is InChI=1S/C44H50O24/c1-60-23-9-16(10-24(61-2)31(23)49)3-8-28(48)62-15-27-34(52)38(56)41(59)44(68-27)66-22-12-21-29(35(53)30(22)42-39(57)36(54)32(50)25(13-45)65-42)19(47)11-20(64-21)17-4-6-18(7-5-17)63-43-40(58)37(55)33(51)26(14-46)67-43/h3-12,25-27,32-34,36-46,49-59H,13-15H2,1-2H3/b8-3+. The first-order chi connectivity index (χ1) is 32.4. The maximum absolute atomic E-state index is 13.8. The van der Waals surface area contributed by atoms with Crippen molar-refractivity contribution < 1.29 is 113 Å². The first-order valence-electron chi connectivity index (χ1n) is 20.8. The number of aliphatic hydroxyl groups is 11. The number of rotatable bonds is 14. The number of fused-ring (bicyclic) bond motifs is 1. The molecule has 0 amide bonds. The van der Waals surface area contributed by atoms with Gasteiger partial charge in [0.15, 0.2) is 16.9 Å². The minimum atomic E-state index is -2.08. The fourth-order valence-electron chi connectivity index (χ4n) is 7.81. The van der Waals surface area contributed by atoms with E-state index in [4.69, 9.17) is 42.3 Å². The van der Waals surface area contributed by atoms with E-state index in [0.29, 0.717) is 5.56 Å². The fourth-order valence-corrected chi connectivity index (χ4v) is 7.81. The van der Waals surface area contributed by atoms with Crippen LogP contribution in [0.5, 0.6) is 34.5 Å². The van der Waals surface area contributed by atoms with Crippen molar-refractivity contribution >= 4 is 23.0 Å². The van der Waals surface area contributed by atoms with Gasteiger partial charge in [-0.25, -0.2) is 4.79 Å². The summed E-state index contributed by atoms with van der Waals surface area (Å²) in [6, 6.07) is 10.3. The Morgan fingerprint density at radius 2 is 1.18 bits per heavy atom. The molecule has 24 nitrogen and oxygen atoms in total. The highest BCUT2D eigenvalue weighted by Crippen LogP contribution is 2.46. The van der Waals surface area contributed by atoms with Crippen molar-refractivity contribution in [3.8, 4) is 45.8 Å². The van der Waals surface area contributed by atoms with Crippen LogP contribution in [-0.2, 0) is 23.7 Å². The largest absolute Gasteiger partial charge is 0.506 e. The monoisotopic (exact) mass is 962 g/mol. The summed E-state index contributed by atoms with van der Waals surface area (Å²) < 4.78 is 50.0. The number of methoxy groups -OCH3 is 2. The van der Waals surface area contributed by atoms with Crippen molar-refractivity contribution in [2.45, 2.75) is 91.9 Å². The lowest BCUT2D eigenvalue weighted by molar-refractivity contribution is -0.279. The first kappa shape index (κ1) is 50.2. The second-order valence-electron chi connectivity index (χ2n) is 15.9. The van der Waals surface area contributed by atoms with Crippen molar-refractivity contribution in [1.82, 2.24) is 0 Å². The van der Waals surface area contributed by atoms with Crippen LogP contribution < -0.4 is 24.4 Å². The lowest BCUT2D eigenvalue weighted by Gasteiger charge is -2.42. The van der Waals surface area contributed by atoms with E-state index < -0.39 is 151 Å². The summed E-state index contributed by atoms with van der Waals surface area (Å²) in [5.74, 6) is -2.78. The summed E-state index contributed by atoms with van der Waals surface area (Å²) in [6.07, 6.45) is -24.5. The summed E-state index contributed by atoms with van der Waals surface area (Å²) in [4.78, 5) is 26.6. The van der Waals surface area contributed by atoms with Gasteiger partial charge >= 0.3 is 5.97 Å². The third-order valence-corrected chi connectivity index (χ3v) is 11.6. The summed E-state index contributed by atoms with van der Waals surface area (Å²) in [5, 5.41) is 137. The van der Waals surface area contributed by atoms with Crippen molar-refractivity contribution in [3.05, 3.63) is 76.0 Å². The maximum Gasteiger partial charge on any atom is 0.330 e. The number of benzene rings is 3. The minimum absolute atomic E-state index is 0.0437. The summed E-state index contributed by atoms with van der Waals surface area (Å²) in [7, 11) is 2.61. The zero-order valence-electron chi connectivity index (χ0n) is 35.9. The number of phenolic OH excluding ortho intramolecular Hbond substituents is 2. The van der Waals surface area contributed by atoms with Crippen LogP contribution in [0.4, 0.5) is 0 Å². The van der Waals surface area contributed by atoms with Crippen LogP contribution in [-0.4, -0.2) is 192 Å². The summed E-state index contributed by atoms with van der Waals surface area (Å²) in [6.45, 7) is -2.33. The van der Waals surface area contributed by atoms with Gasteiger partial charge in [0.2, 0.25) is 18.3 Å². The third kappa shape index (κ3) is 9.91. The first-order valence-corrected chi connectivity index (χ1v) is 20.8. The highest BCUT2D eigenvalue weighted by atomic mass is 16.7. The summed E-state index contributed by atoms with van der Waals surface area (Å²) >= 11 is 0. The molecular weight excluding hydrogens is 912 g/mol. The number of ether oxygens (including phenoxy) is 8. The van der Waals surface area contributed by atoms with E-state index in [1.165, 1.54) is 56.7 Å². The number of carbonyl (C=O) groups is 1. The molecule has 370 valence electrons. The lowest BCUT2D eigenvalue weighted by atomic mass is 9.89. The predicted molar refractivity (Wildman–Crippen MR) is 225 cm³/mol. The summed E-state index contributed by atoms with van der Waals surface area (Å²) in [5.41, 5.74) is -1.30. The molecule has 4 heterocycles. The fraction of sp³-hybridized carbons (Fsp3) is 0.455. The Kier molecular flexibility index (Phi) is 15.4. The smallest absolute Gasteiger partial charge is 0.330 e. The Labute approximate surface area is 383 Å². The minimum Gasteiger partial charge on any atom is -0.506 e. The molecule has 0 saturated carbocycles. The molecule has 3 aliphatic heterocycles. The van der Waals surface area contributed by atoms with Gasteiger partial charge < -0.3 is 109 Å². The van der Waals surface area contributed by atoms with E-state index >= 15 is 0 Å². The van der Waals surface area contributed by atoms with Crippen LogP contribution in [0.2, 0.25) is 0 Å². The molecule has 15 unspecified atom stereocenters. The molecule has 7 rings (SSSR count). The Morgan fingerprint density at radius 1 is 0.632 bits per heavy atom. The number of aromatic hydroxyl groups is 2. The van der Waals surface area contributed by atoms with Gasteiger partial charge in [-0.2, -0.15) is 0 Å². The third-order valence-electron chi connectivity index (χ3n) is 11.6. The van der Waals surface area contributed by atoms with E-state index in [1.54, 1.807) is 0 Å². The zero-order chi connectivity index (χ0) is 49.3. The van der Waals surface area contributed by atoms with E-state index in [9.17, 15) is 76.0 Å². The molecule has 3 aliphatic rings. The SMILES string of the molecule is COc1cc(/C=C/C(=O)OCC2OC(Oc3cc4oc(-c5ccc(OC6OC(CO)C(O)C(O)C6O)cc5)cc(=O)c4c(O)c3C3OC(CO)C(O)C(O)C3O)C(O)C(O)C2O)cc(OC)c1O. The van der Waals surface area contributed by atoms with Crippen LogP contribution in [0.25, 0.3) is 28.4 Å². The van der Waals surface area contributed by atoms with E-state index in [0.717, 1.165) is 18.2 Å². The quantitative estimate of drug-likeness (QED) is 0.0443. The molecule has 0 aliphatic carbocycles. The van der Waals surface area contributed by atoms with Gasteiger partial charge in [0.1, 0.15) is 120 Å². The van der Waals surface area contributed by atoms with Gasteiger partial charge in [-0.05, 0) is 48.0 Å². The molecule has 0 bridgehead atoms. The Hall–Kier alpha value is -5.68. The number of hydrogen-bond donors (Lipinski definition) is 13. The van der Waals surface area contributed by atoms with Crippen LogP contribution in [0.1, 0.15) is 17.2 Å². The maximum atomic E-state index is 13.8.